The summed E-state index contributed by atoms with van der Waals surface area (Å²) in [5.41, 5.74) is 2.98. The molecule has 1 heterocycles. The van der Waals surface area contributed by atoms with Crippen molar-refractivity contribution in [2.45, 2.75) is 27.2 Å². The van der Waals surface area contributed by atoms with Crippen LogP contribution >= 0.6 is 0 Å². The van der Waals surface area contributed by atoms with Crippen LogP contribution in [0.1, 0.15) is 36.1 Å². The van der Waals surface area contributed by atoms with Gasteiger partial charge in [0.15, 0.2) is 0 Å². The number of nitrogens with zero attached hydrogens (tertiary/aromatic N) is 2. The van der Waals surface area contributed by atoms with E-state index in [1.54, 1.807) is 0 Å². The summed E-state index contributed by atoms with van der Waals surface area (Å²) in [6.07, 6.45) is 6.94. The zero-order valence-electron chi connectivity index (χ0n) is 9.04. The first-order valence-electron chi connectivity index (χ1n) is 4.83. The Balaban J connectivity index is 3.24. The highest BCUT2D eigenvalue weighted by Gasteiger charge is 2.03. The minimum atomic E-state index is 0.809. The number of rotatable bonds is 3. The Morgan fingerprint density at radius 1 is 1.29 bits per heavy atom. The van der Waals surface area contributed by atoms with Crippen molar-refractivity contribution in [3.8, 4) is 0 Å². The molecule has 1 rings (SSSR count). The number of aryl methyl sites for hydroxylation is 2. The fourth-order valence-corrected chi connectivity index (χ4v) is 1.36. The number of aromatic nitrogens is 2. The quantitative estimate of drug-likeness (QED) is 0.728. The van der Waals surface area contributed by atoms with Crippen LogP contribution in [-0.4, -0.2) is 9.97 Å². The molecule has 14 heavy (non-hydrogen) atoms. The lowest BCUT2D eigenvalue weighted by molar-refractivity contribution is 0.994. The molecule has 1 aromatic heterocycles. The molecule has 0 aromatic carbocycles. The Morgan fingerprint density at radius 3 is 2.57 bits per heavy atom. The van der Waals surface area contributed by atoms with E-state index in [1.165, 1.54) is 0 Å². The predicted molar refractivity (Wildman–Crippen MR) is 60.9 cm³/mol. The SMILES string of the molecule is C=Cc1c(C)nc(C)nc1/C=C\CC. The third-order valence-corrected chi connectivity index (χ3v) is 1.99. The van der Waals surface area contributed by atoms with Gasteiger partial charge in [0.2, 0.25) is 0 Å². The van der Waals surface area contributed by atoms with Gasteiger partial charge in [-0.15, -0.1) is 0 Å². The largest absolute Gasteiger partial charge is 0.238 e. The lowest BCUT2D eigenvalue weighted by Gasteiger charge is -2.04. The van der Waals surface area contributed by atoms with E-state index < -0.39 is 0 Å². The Labute approximate surface area is 85.4 Å². The van der Waals surface area contributed by atoms with Crippen LogP contribution in [0.25, 0.3) is 12.2 Å². The molecule has 0 N–H and O–H groups in total. The van der Waals surface area contributed by atoms with Crippen LogP contribution in [0.2, 0.25) is 0 Å². The average Bonchev–Trinajstić information content (AvgIpc) is 2.14. The molecular formula is C12H16N2. The molecular weight excluding hydrogens is 172 g/mol. The molecule has 1 aromatic rings. The first-order chi connectivity index (χ1) is 6.69. The molecule has 0 aliphatic heterocycles. The van der Waals surface area contributed by atoms with Crippen molar-refractivity contribution in [3.05, 3.63) is 35.4 Å². The molecule has 0 amide bonds. The van der Waals surface area contributed by atoms with E-state index in [0.717, 1.165) is 29.2 Å². The van der Waals surface area contributed by atoms with Gasteiger partial charge in [0, 0.05) is 11.3 Å². The van der Waals surface area contributed by atoms with Crippen molar-refractivity contribution in [2.75, 3.05) is 0 Å². The molecule has 0 saturated carbocycles. The zero-order valence-corrected chi connectivity index (χ0v) is 9.04. The summed E-state index contributed by atoms with van der Waals surface area (Å²) in [5.74, 6) is 0.809. The summed E-state index contributed by atoms with van der Waals surface area (Å²) in [6, 6.07) is 0. The molecule has 0 radical (unpaired) electrons. The Morgan fingerprint density at radius 2 is 2.00 bits per heavy atom. The van der Waals surface area contributed by atoms with Crippen LogP contribution in [0.15, 0.2) is 12.7 Å². The van der Waals surface area contributed by atoms with Gasteiger partial charge in [0.05, 0.1) is 5.69 Å². The van der Waals surface area contributed by atoms with Crippen molar-refractivity contribution in [2.24, 2.45) is 0 Å². The van der Waals surface area contributed by atoms with Crippen molar-refractivity contribution in [1.29, 1.82) is 0 Å². The fraction of sp³-hybridized carbons (Fsp3) is 0.333. The van der Waals surface area contributed by atoms with Gasteiger partial charge in [-0.2, -0.15) is 0 Å². The Bertz CT molecular complexity index is 365. The van der Waals surface area contributed by atoms with Gasteiger partial charge < -0.3 is 0 Å². The molecule has 0 atom stereocenters. The zero-order chi connectivity index (χ0) is 10.6. The Hall–Kier alpha value is -1.44. The summed E-state index contributed by atoms with van der Waals surface area (Å²) in [5, 5.41) is 0. The maximum atomic E-state index is 4.37. The third-order valence-electron chi connectivity index (χ3n) is 1.99. The highest BCUT2D eigenvalue weighted by molar-refractivity contribution is 5.62. The number of hydrogen-bond donors (Lipinski definition) is 0. The van der Waals surface area contributed by atoms with Crippen LogP contribution in [0.5, 0.6) is 0 Å². The second-order valence-corrected chi connectivity index (χ2v) is 3.17. The summed E-state index contributed by atoms with van der Waals surface area (Å²) in [7, 11) is 0. The van der Waals surface area contributed by atoms with Gasteiger partial charge in [-0.3, -0.25) is 0 Å². The van der Waals surface area contributed by atoms with Crippen molar-refractivity contribution in [1.82, 2.24) is 9.97 Å². The molecule has 0 bridgehead atoms. The molecule has 0 fully saturated rings. The highest BCUT2D eigenvalue weighted by Crippen LogP contribution is 2.13. The molecule has 0 saturated heterocycles. The van der Waals surface area contributed by atoms with E-state index in [0.29, 0.717) is 0 Å². The summed E-state index contributed by atoms with van der Waals surface area (Å²) >= 11 is 0. The molecule has 2 nitrogen and oxygen atoms in total. The number of allylic oxidation sites excluding steroid dienone is 1. The molecule has 0 aliphatic rings. The molecule has 74 valence electrons. The van der Waals surface area contributed by atoms with Crippen LogP contribution in [0, 0.1) is 13.8 Å². The Kier molecular flexibility index (Phi) is 3.57. The van der Waals surface area contributed by atoms with Gasteiger partial charge in [-0.05, 0) is 26.3 Å². The standard InChI is InChI=1S/C12H16N2/c1-5-7-8-12-11(6-2)9(3)13-10(4)14-12/h6-8H,2,5H2,1,3-4H3/b8-7-. The predicted octanol–water partition coefficient (Wildman–Crippen LogP) is 3.16. The lowest BCUT2D eigenvalue weighted by Crippen LogP contribution is -1.98. The normalized spacial score (nSPS) is 10.8. The van der Waals surface area contributed by atoms with Gasteiger partial charge in [0.25, 0.3) is 0 Å². The minimum Gasteiger partial charge on any atom is -0.238 e. The van der Waals surface area contributed by atoms with Crippen LogP contribution in [0.4, 0.5) is 0 Å². The summed E-state index contributed by atoms with van der Waals surface area (Å²) in [6.45, 7) is 9.77. The topological polar surface area (TPSA) is 25.8 Å². The van der Waals surface area contributed by atoms with Gasteiger partial charge in [-0.1, -0.05) is 25.7 Å². The van der Waals surface area contributed by atoms with Crippen LogP contribution < -0.4 is 0 Å². The maximum Gasteiger partial charge on any atom is 0.126 e. The number of hydrogen-bond acceptors (Lipinski definition) is 2. The van der Waals surface area contributed by atoms with E-state index in [4.69, 9.17) is 0 Å². The third kappa shape index (κ3) is 2.28. The van der Waals surface area contributed by atoms with Crippen molar-refractivity contribution < 1.29 is 0 Å². The average molecular weight is 188 g/mol. The fourth-order valence-electron chi connectivity index (χ4n) is 1.36. The smallest absolute Gasteiger partial charge is 0.126 e. The molecule has 0 aliphatic carbocycles. The second kappa shape index (κ2) is 4.70. The van der Waals surface area contributed by atoms with E-state index in [2.05, 4.69) is 29.5 Å². The summed E-state index contributed by atoms with van der Waals surface area (Å²) in [4.78, 5) is 8.67. The monoisotopic (exact) mass is 188 g/mol. The van der Waals surface area contributed by atoms with Crippen molar-refractivity contribution >= 4 is 12.2 Å². The van der Waals surface area contributed by atoms with Gasteiger partial charge >= 0.3 is 0 Å². The molecule has 0 unspecified atom stereocenters. The molecule has 2 heteroatoms. The lowest BCUT2D eigenvalue weighted by atomic mass is 10.1. The van der Waals surface area contributed by atoms with E-state index in [9.17, 15) is 0 Å². The minimum absolute atomic E-state index is 0.809. The van der Waals surface area contributed by atoms with Crippen molar-refractivity contribution in [3.63, 3.8) is 0 Å². The van der Waals surface area contributed by atoms with E-state index in [1.807, 2.05) is 26.0 Å². The molecule has 0 spiro atoms. The van der Waals surface area contributed by atoms with E-state index in [-0.39, 0.29) is 0 Å². The van der Waals surface area contributed by atoms with E-state index >= 15 is 0 Å². The first kappa shape index (κ1) is 10.6. The second-order valence-electron chi connectivity index (χ2n) is 3.17. The highest BCUT2D eigenvalue weighted by atomic mass is 14.9. The first-order valence-corrected chi connectivity index (χ1v) is 4.83. The van der Waals surface area contributed by atoms with Crippen LogP contribution in [-0.2, 0) is 0 Å². The van der Waals surface area contributed by atoms with Gasteiger partial charge in [-0.25, -0.2) is 9.97 Å². The summed E-state index contributed by atoms with van der Waals surface area (Å²) < 4.78 is 0. The maximum absolute atomic E-state index is 4.37. The van der Waals surface area contributed by atoms with Gasteiger partial charge in [0.1, 0.15) is 5.82 Å². The van der Waals surface area contributed by atoms with Crippen LogP contribution in [0.3, 0.4) is 0 Å².